The molecule has 0 bridgehead atoms. The molecule has 5 nitrogen and oxygen atoms in total. The van der Waals surface area contributed by atoms with Crippen molar-refractivity contribution in [2.45, 2.75) is 20.0 Å². The standard InChI is InChI=1S/C20H26N4O.HI/c1-4-22-20(24(3)15-17-8-6-5-7-9-17)23-14-16-10-12-18(13-11-16)19(25)21-2;/h5-13H,4,14-15H2,1-3H3,(H,21,25)(H,22,23);1H. The quantitative estimate of drug-likeness (QED) is 0.391. The molecule has 0 radical (unpaired) electrons. The summed E-state index contributed by atoms with van der Waals surface area (Å²) >= 11 is 0. The Balaban J connectivity index is 0.00000338. The van der Waals surface area contributed by atoms with Crippen LogP contribution < -0.4 is 10.6 Å². The highest BCUT2D eigenvalue weighted by Crippen LogP contribution is 2.07. The number of carbonyl (C=O) groups is 1. The highest BCUT2D eigenvalue weighted by Gasteiger charge is 2.07. The van der Waals surface area contributed by atoms with E-state index in [0.717, 1.165) is 24.6 Å². The van der Waals surface area contributed by atoms with Crippen LogP contribution >= 0.6 is 24.0 Å². The molecule has 0 atom stereocenters. The van der Waals surface area contributed by atoms with Gasteiger partial charge in [0.05, 0.1) is 6.54 Å². The van der Waals surface area contributed by atoms with Gasteiger partial charge in [-0.1, -0.05) is 42.5 Å². The average molecular weight is 466 g/mol. The number of guanidine groups is 1. The van der Waals surface area contributed by atoms with Crippen LogP contribution in [0.2, 0.25) is 0 Å². The van der Waals surface area contributed by atoms with Crippen LogP contribution in [-0.4, -0.2) is 37.4 Å². The molecule has 0 aliphatic heterocycles. The third kappa shape index (κ3) is 6.67. The lowest BCUT2D eigenvalue weighted by Gasteiger charge is -2.22. The lowest BCUT2D eigenvalue weighted by molar-refractivity contribution is 0.0963. The van der Waals surface area contributed by atoms with Gasteiger partial charge in [-0.2, -0.15) is 0 Å². The number of halogens is 1. The van der Waals surface area contributed by atoms with E-state index in [9.17, 15) is 4.79 Å². The second-order valence-electron chi connectivity index (χ2n) is 5.79. The Hall–Kier alpha value is -2.09. The fraction of sp³-hybridized carbons (Fsp3) is 0.300. The van der Waals surface area contributed by atoms with E-state index in [1.54, 1.807) is 7.05 Å². The molecule has 0 fully saturated rings. The van der Waals surface area contributed by atoms with E-state index in [1.807, 2.05) is 49.5 Å². The monoisotopic (exact) mass is 466 g/mol. The minimum atomic E-state index is -0.0778. The summed E-state index contributed by atoms with van der Waals surface area (Å²) in [6, 6.07) is 17.8. The maximum Gasteiger partial charge on any atom is 0.251 e. The van der Waals surface area contributed by atoms with Crippen LogP contribution in [0.25, 0.3) is 0 Å². The molecular formula is C20H27IN4O. The first kappa shape index (κ1) is 22.0. The van der Waals surface area contributed by atoms with Crippen molar-refractivity contribution in [2.24, 2.45) is 4.99 Å². The van der Waals surface area contributed by atoms with Crippen molar-refractivity contribution in [3.8, 4) is 0 Å². The van der Waals surface area contributed by atoms with Crippen LogP contribution in [0, 0.1) is 0 Å². The topological polar surface area (TPSA) is 56.7 Å². The number of nitrogens with one attached hydrogen (secondary N) is 2. The Morgan fingerprint density at radius 2 is 1.69 bits per heavy atom. The molecule has 2 aromatic rings. The molecule has 0 aromatic heterocycles. The van der Waals surface area contributed by atoms with Crippen LogP contribution in [-0.2, 0) is 13.1 Å². The molecule has 0 aliphatic carbocycles. The maximum atomic E-state index is 11.6. The van der Waals surface area contributed by atoms with Crippen LogP contribution in [0.4, 0.5) is 0 Å². The molecule has 2 N–H and O–H groups in total. The average Bonchev–Trinajstić information content (AvgIpc) is 2.65. The minimum absolute atomic E-state index is 0. The molecule has 1 amide bonds. The molecule has 0 heterocycles. The summed E-state index contributed by atoms with van der Waals surface area (Å²) < 4.78 is 0. The Morgan fingerprint density at radius 1 is 1.04 bits per heavy atom. The van der Waals surface area contributed by atoms with Crippen LogP contribution in [0.1, 0.15) is 28.4 Å². The summed E-state index contributed by atoms with van der Waals surface area (Å²) in [6.45, 7) is 4.23. The summed E-state index contributed by atoms with van der Waals surface area (Å²) in [5.74, 6) is 0.785. The van der Waals surface area contributed by atoms with Crippen molar-refractivity contribution in [3.63, 3.8) is 0 Å². The van der Waals surface area contributed by atoms with Gasteiger partial charge in [0, 0.05) is 32.7 Å². The van der Waals surface area contributed by atoms with Gasteiger partial charge in [-0.3, -0.25) is 4.79 Å². The number of nitrogens with zero attached hydrogens (tertiary/aromatic N) is 2. The minimum Gasteiger partial charge on any atom is -0.357 e. The second-order valence-corrected chi connectivity index (χ2v) is 5.79. The van der Waals surface area contributed by atoms with Crippen LogP contribution in [0.15, 0.2) is 59.6 Å². The maximum absolute atomic E-state index is 11.6. The van der Waals surface area contributed by atoms with E-state index in [-0.39, 0.29) is 29.9 Å². The van der Waals surface area contributed by atoms with E-state index in [1.165, 1.54) is 5.56 Å². The fourth-order valence-corrected chi connectivity index (χ4v) is 2.47. The van der Waals surface area contributed by atoms with Gasteiger partial charge in [0.15, 0.2) is 5.96 Å². The summed E-state index contributed by atoms with van der Waals surface area (Å²) in [5.41, 5.74) is 2.96. The Bertz CT molecular complexity index is 702. The Labute approximate surface area is 172 Å². The highest BCUT2D eigenvalue weighted by atomic mass is 127. The second kappa shape index (κ2) is 11.5. The molecule has 6 heteroatoms. The number of carbonyl (C=O) groups excluding carboxylic acids is 1. The number of benzene rings is 2. The first-order chi connectivity index (χ1) is 12.1. The summed E-state index contributed by atoms with van der Waals surface area (Å²) in [6.07, 6.45) is 0. The highest BCUT2D eigenvalue weighted by molar-refractivity contribution is 14.0. The molecule has 2 rings (SSSR count). The van der Waals surface area contributed by atoms with Gasteiger partial charge in [0.25, 0.3) is 5.91 Å². The number of hydrogen-bond acceptors (Lipinski definition) is 2. The van der Waals surface area contributed by atoms with E-state index in [4.69, 9.17) is 4.99 Å². The van der Waals surface area contributed by atoms with Crippen molar-refractivity contribution >= 4 is 35.8 Å². The van der Waals surface area contributed by atoms with Gasteiger partial charge in [0.2, 0.25) is 0 Å². The molecule has 26 heavy (non-hydrogen) atoms. The molecule has 0 unspecified atom stereocenters. The predicted octanol–water partition coefficient (Wildman–Crippen LogP) is 3.26. The zero-order valence-electron chi connectivity index (χ0n) is 15.5. The van der Waals surface area contributed by atoms with E-state index in [2.05, 4.69) is 34.6 Å². The first-order valence-corrected chi connectivity index (χ1v) is 8.48. The molecule has 0 saturated heterocycles. The lowest BCUT2D eigenvalue weighted by atomic mass is 10.1. The molecule has 0 aliphatic rings. The zero-order valence-corrected chi connectivity index (χ0v) is 17.9. The van der Waals surface area contributed by atoms with Gasteiger partial charge in [-0.25, -0.2) is 4.99 Å². The molecule has 0 spiro atoms. The van der Waals surface area contributed by atoms with Gasteiger partial charge in [-0.15, -0.1) is 24.0 Å². The van der Waals surface area contributed by atoms with E-state index >= 15 is 0 Å². The van der Waals surface area contributed by atoms with Crippen molar-refractivity contribution in [1.29, 1.82) is 0 Å². The third-order valence-corrected chi connectivity index (χ3v) is 3.81. The molecule has 140 valence electrons. The lowest BCUT2D eigenvalue weighted by Crippen LogP contribution is -2.38. The van der Waals surface area contributed by atoms with Crippen molar-refractivity contribution < 1.29 is 4.79 Å². The molecule has 0 saturated carbocycles. The van der Waals surface area contributed by atoms with Crippen molar-refractivity contribution in [1.82, 2.24) is 15.5 Å². The van der Waals surface area contributed by atoms with Gasteiger partial charge < -0.3 is 15.5 Å². The third-order valence-electron chi connectivity index (χ3n) is 3.81. The Kier molecular flexibility index (Phi) is 9.72. The Morgan fingerprint density at radius 3 is 2.27 bits per heavy atom. The van der Waals surface area contributed by atoms with E-state index in [0.29, 0.717) is 12.1 Å². The zero-order chi connectivity index (χ0) is 18.1. The largest absolute Gasteiger partial charge is 0.357 e. The predicted molar refractivity (Wildman–Crippen MR) is 118 cm³/mol. The van der Waals surface area contributed by atoms with Gasteiger partial charge >= 0.3 is 0 Å². The normalized spacial score (nSPS) is 10.7. The van der Waals surface area contributed by atoms with Gasteiger partial charge in [-0.05, 0) is 30.2 Å². The first-order valence-electron chi connectivity index (χ1n) is 8.48. The van der Waals surface area contributed by atoms with Crippen molar-refractivity contribution in [2.75, 3.05) is 20.6 Å². The fourth-order valence-electron chi connectivity index (χ4n) is 2.47. The number of rotatable bonds is 6. The molecular weight excluding hydrogens is 439 g/mol. The summed E-state index contributed by atoms with van der Waals surface area (Å²) in [5, 5.41) is 5.95. The molecule has 2 aromatic carbocycles. The number of amides is 1. The van der Waals surface area contributed by atoms with E-state index < -0.39 is 0 Å². The summed E-state index contributed by atoms with van der Waals surface area (Å²) in [4.78, 5) is 18.4. The SMILES string of the molecule is CCNC(=NCc1ccc(C(=O)NC)cc1)N(C)Cc1ccccc1.I. The van der Waals surface area contributed by atoms with Crippen molar-refractivity contribution in [3.05, 3.63) is 71.3 Å². The number of aliphatic imine (C=N–C) groups is 1. The smallest absolute Gasteiger partial charge is 0.251 e. The van der Waals surface area contributed by atoms with Crippen LogP contribution in [0.5, 0.6) is 0 Å². The summed E-state index contributed by atoms with van der Waals surface area (Å²) in [7, 11) is 3.66. The van der Waals surface area contributed by atoms with Crippen LogP contribution in [0.3, 0.4) is 0 Å². The van der Waals surface area contributed by atoms with Gasteiger partial charge in [0.1, 0.15) is 0 Å². The number of hydrogen-bond donors (Lipinski definition) is 2.